The fourth-order valence-electron chi connectivity index (χ4n) is 3.02. The summed E-state index contributed by atoms with van der Waals surface area (Å²) in [7, 11) is 1.54. The highest BCUT2D eigenvalue weighted by Gasteiger charge is 2.16. The van der Waals surface area contributed by atoms with Crippen LogP contribution >= 0.6 is 0 Å². The molecule has 29 heavy (non-hydrogen) atoms. The molecule has 7 heteroatoms. The summed E-state index contributed by atoms with van der Waals surface area (Å²) in [6, 6.07) is 14.8. The zero-order valence-corrected chi connectivity index (χ0v) is 17.0. The monoisotopic (exact) mass is 394 g/mol. The van der Waals surface area contributed by atoms with Gasteiger partial charge in [-0.05, 0) is 31.3 Å². The minimum atomic E-state index is -0.170. The zero-order valence-electron chi connectivity index (χ0n) is 17.0. The van der Waals surface area contributed by atoms with Crippen molar-refractivity contribution in [2.45, 2.75) is 13.8 Å². The second kappa shape index (κ2) is 9.84. The highest BCUT2D eigenvalue weighted by Crippen LogP contribution is 2.28. The van der Waals surface area contributed by atoms with Crippen molar-refractivity contribution < 1.29 is 14.1 Å². The van der Waals surface area contributed by atoms with Gasteiger partial charge in [-0.15, -0.1) is 0 Å². The highest BCUT2D eigenvalue weighted by molar-refractivity contribution is 5.97. The molecule has 0 spiro atoms. The lowest BCUT2D eigenvalue weighted by Gasteiger charge is -2.18. The van der Waals surface area contributed by atoms with Gasteiger partial charge in [0.1, 0.15) is 5.75 Å². The Morgan fingerprint density at radius 1 is 1.10 bits per heavy atom. The maximum absolute atomic E-state index is 12.6. The predicted octanol–water partition coefficient (Wildman–Crippen LogP) is 3.48. The van der Waals surface area contributed by atoms with Crippen molar-refractivity contribution in [3.05, 3.63) is 54.1 Å². The highest BCUT2D eigenvalue weighted by atomic mass is 16.5. The van der Waals surface area contributed by atoms with Gasteiger partial charge in [0, 0.05) is 24.2 Å². The molecule has 0 aliphatic heterocycles. The first-order chi connectivity index (χ1) is 14.2. The number of nitrogens with one attached hydrogen (secondary N) is 1. The Bertz CT molecular complexity index is 936. The van der Waals surface area contributed by atoms with E-state index in [2.05, 4.69) is 34.2 Å². The number of nitrogens with zero attached hydrogens (tertiary/aromatic N) is 3. The van der Waals surface area contributed by atoms with E-state index in [1.165, 1.54) is 7.11 Å². The van der Waals surface area contributed by atoms with Crippen LogP contribution in [-0.2, 0) is 0 Å². The van der Waals surface area contributed by atoms with Gasteiger partial charge in [0.25, 0.3) is 11.8 Å². The van der Waals surface area contributed by atoms with Crippen LogP contribution in [0.25, 0.3) is 22.8 Å². The largest absolute Gasteiger partial charge is 0.496 e. The number of carbonyl (C=O) groups excluding carboxylic acids is 1. The minimum absolute atomic E-state index is 0.170. The number of hydrogen-bond acceptors (Lipinski definition) is 6. The van der Waals surface area contributed by atoms with E-state index >= 15 is 0 Å². The van der Waals surface area contributed by atoms with E-state index in [1.807, 2.05) is 30.3 Å². The van der Waals surface area contributed by atoms with Crippen LogP contribution in [0, 0.1) is 0 Å². The zero-order chi connectivity index (χ0) is 20.6. The van der Waals surface area contributed by atoms with Crippen molar-refractivity contribution in [1.82, 2.24) is 20.4 Å². The van der Waals surface area contributed by atoms with Crippen molar-refractivity contribution in [1.29, 1.82) is 0 Å². The molecule has 152 valence electrons. The molecule has 0 radical (unpaired) electrons. The molecule has 3 rings (SSSR count). The van der Waals surface area contributed by atoms with Crippen LogP contribution in [0.1, 0.15) is 24.2 Å². The molecular weight excluding hydrogens is 368 g/mol. The Labute approximate surface area is 170 Å². The molecule has 1 heterocycles. The third kappa shape index (κ3) is 5.00. The van der Waals surface area contributed by atoms with Gasteiger partial charge < -0.3 is 19.5 Å². The van der Waals surface area contributed by atoms with Gasteiger partial charge in [-0.3, -0.25) is 4.79 Å². The first-order valence-electron chi connectivity index (χ1n) is 9.74. The second-order valence-electron chi connectivity index (χ2n) is 6.49. The number of carbonyl (C=O) groups is 1. The Morgan fingerprint density at radius 2 is 1.86 bits per heavy atom. The topological polar surface area (TPSA) is 80.5 Å². The first kappa shape index (κ1) is 20.5. The summed E-state index contributed by atoms with van der Waals surface area (Å²) in [6.45, 7) is 7.51. The number of hydrogen-bond donors (Lipinski definition) is 1. The fourth-order valence-corrected chi connectivity index (χ4v) is 3.02. The SMILES string of the molecule is CCN(CC)CCNC(=O)c1ccc(-c2nc(-c3ccccc3)no2)cc1OC. The summed E-state index contributed by atoms with van der Waals surface area (Å²) in [5, 5.41) is 6.98. The molecule has 2 aromatic carbocycles. The normalized spacial score (nSPS) is 10.9. The molecule has 1 amide bonds. The van der Waals surface area contributed by atoms with Crippen LogP contribution in [0.3, 0.4) is 0 Å². The third-order valence-corrected chi connectivity index (χ3v) is 4.76. The summed E-state index contributed by atoms with van der Waals surface area (Å²) < 4.78 is 10.8. The van der Waals surface area contributed by atoms with E-state index in [9.17, 15) is 4.79 Å². The predicted molar refractivity (Wildman–Crippen MR) is 112 cm³/mol. The number of rotatable bonds is 9. The molecule has 0 atom stereocenters. The summed E-state index contributed by atoms with van der Waals surface area (Å²) in [5.74, 6) is 1.17. The average molecular weight is 394 g/mol. The van der Waals surface area contributed by atoms with Gasteiger partial charge in [-0.1, -0.05) is 49.3 Å². The summed E-state index contributed by atoms with van der Waals surface area (Å²) in [6.07, 6.45) is 0. The quantitative estimate of drug-likeness (QED) is 0.598. The van der Waals surface area contributed by atoms with E-state index in [0.29, 0.717) is 35.1 Å². The Morgan fingerprint density at radius 3 is 2.55 bits per heavy atom. The van der Waals surface area contributed by atoms with Gasteiger partial charge in [0.05, 0.1) is 12.7 Å². The molecule has 3 aromatic rings. The Kier molecular flexibility index (Phi) is 6.97. The molecule has 7 nitrogen and oxygen atoms in total. The van der Waals surface area contributed by atoms with Gasteiger partial charge in [0.15, 0.2) is 0 Å². The molecule has 0 aliphatic carbocycles. The van der Waals surface area contributed by atoms with Crippen LogP contribution in [0.4, 0.5) is 0 Å². The number of ether oxygens (including phenoxy) is 1. The molecular formula is C22H26N4O3. The van der Waals surface area contributed by atoms with Crippen LogP contribution in [0.5, 0.6) is 5.75 Å². The van der Waals surface area contributed by atoms with E-state index in [-0.39, 0.29) is 5.91 Å². The number of benzene rings is 2. The molecule has 0 fully saturated rings. The molecule has 1 N–H and O–H groups in total. The number of likely N-dealkylation sites (N-methyl/N-ethyl adjacent to an activating group) is 1. The number of methoxy groups -OCH3 is 1. The van der Waals surface area contributed by atoms with E-state index in [4.69, 9.17) is 9.26 Å². The first-order valence-corrected chi connectivity index (χ1v) is 9.74. The van der Waals surface area contributed by atoms with E-state index < -0.39 is 0 Å². The van der Waals surface area contributed by atoms with E-state index in [1.54, 1.807) is 18.2 Å². The maximum atomic E-state index is 12.6. The second-order valence-corrected chi connectivity index (χ2v) is 6.49. The molecule has 0 saturated heterocycles. The van der Waals surface area contributed by atoms with Crippen molar-refractivity contribution in [3.63, 3.8) is 0 Å². The summed E-state index contributed by atoms with van der Waals surface area (Å²) in [4.78, 5) is 19.3. The lowest BCUT2D eigenvalue weighted by atomic mass is 10.1. The molecule has 1 aromatic heterocycles. The Balaban J connectivity index is 1.74. The van der Waals surface area contributed by atoms with Crippen LogP contribution in [0.15, 0.2) is 53.1 Å². The fraction of sp³-hybridized carbons (Fsp3) is 0.318. The van der Waals surface area contributed by atoms with Gasteiger partial charge in [-0.25, -0.2) is 0 Å². The van der Waals surface area contributed by atoms with Crippen LogP contribution in [0.2, 0.25) is 0 Å². The molecule has 0 saturated carbocycles. The smallest absolute Gasteiger partial charge is 0.258 e. The standard InChI is InChI=1S/C22H26N4O3/c1-4-26(5-2)14-13-23-21(27)18-12-11-17(15-19(18)28-3)22-24-20(25-29-22)16-9-7-6-8-10-16/h6-12,15H,4-5,13-14H2,1-3H3,(H,23,27). The van der Waals surface area contributed by atoms with Crippen LogP contribution in [-0.4, -0.2) is 54.2 Å². The van der Waals surface area contributed by atoms with Gasteiger partial charge in [0.2, 0.25) is 5.82 Å². The van der Waals surface area contributed by atoms with Gasteiger partial charge in [-0.2, -0.15) is 4.98 Å². The van der Waals surface area contributed by atoms with Gasteiger partial charge >= 0.3 is 0 Å². The minimum Gasteiger partial charge on any atom is -0.496 e. The number of amides is 1. The van der Waals surface area contributed by atoms with Crippen molar-refractivity contribution in [2.24, 2.45) is 0 Å². The van der Waals surface area contributed by atoms with Crippen molar-refractivity contribution >= 4 is 5.91 Å². The third-order valence-electron chi connectivity index (χ3n) is 4.76. The van der Waals surface area contributed by atoms with E-state index in [0.717, 1.165) is 25.2 Å². The van der Waals surface area contributed by atoms with Crippen molar-refractivity contribution in [2.75, 3.05) is 33.3 Å². The summed E-state index contributed by atoms with van der Waals surface area (Å²) >= 11 is 0. The molecule has 0 unspecified atom stereocenters. The number of aromatic nitrogens is 2. The lowest BCUT2D eigenvalue weighted by Crippen LogP contribution is -2.34. The maximum Gasteiger partial charge on any atom is 0.258 e. The van der Waals surface area contributed by atoms with Crippen molar-refractivity contribution in [3.8, 4) is 28.6 Å². The lowest BCUT2D eigenvalue weighted by molar-refractivity contribution is 0.0946. The van der Waals surface area contributed by atoms with Crippen LogP contribution < -0.4 is 10.1 Å². The average Bonchev–Trinajstić information content (AvgIpc) is 3.27. The molecule has 0 aliphatic rings. The molecule has 0 bridgehead atoms. The summed E-state index contributed by atoms with van der Waals surface area (Å²) in [5.41, 5.74) is 2.04. The Hall–Kier alpha value is -3.19.